The highest BCUT2D eigenvalue weighted by atomic mass is 16.5. The number of nitrogens with zero attached hydrogens (tertiary/aromatic N) is 4. The molecule has 10 nitrogen and oxygen atoms in total. The van der Waals surface area contributed by atoms with Crippen molar-refractivity contribution in [1.29, 1.82) is 0 Å². The first-order chi connectivity index (χ1) is 20.8. The summed E-state index contributed by atoms with van der Waals surface area (Å²) in [4.78, 5) is 37.3. The van der Waals surface area contributed by atoms with Gasteiger partial charge in [0.2, 0.25) is 5.95 Å². The molecule has 2 rings (SSSR count). The van der Waals surface area contributed by atoms with Crippen LogP contribution in [0.2, 0.25) is 0 Å². The second kappa shape index (κ2) is 21.6. The molecule has 0 aromatic carbocycles. The third-order valence-corrected chi connectivity index (χ3v) is 7.72. The first-order valence-electron chi connectivity index (χ1n) is 16.5. The molecule has 10 heteroatoms. The van der Waals surface area contributed by atoms with Crippen molar-refractivity contribution < 1.29 is 19.1 Å². The molecule has 2 aromatic heterocycles. The van der Waals surface area contributed by atoms with E-state index in [1.165, 1.54) is 57.8 Å². The lowest BCUT2D eigenvalue weighted by Gasteiger charge is -2.20. The number of carbonyl (C=O) groups is 2. The highest BCUT2D eigenvalue weighted by Gasteiger charge is 2.22. The van der Waals surface area contributed by atoms with Crippen LogP contribution in [-0.2, 0) is 25.6 Å². The number of hydrogen-bond donors (Lipinski definition) is 2. The van der Waals surface area contributed by atoms with Gasteiger partial charge in [-0.05, 0) is 44.4 Å². The highest BCUT2D eigenvalue weighted by Crippen LogP contribution is 2.16. The van der Waals surface area contributed by atoms with Crippen molar-refractivity contribution in [2.75, 3.05) is 18.9 Å². The number of ether oxygens (including phenoxy) is 2. The summed E-state index contributed by atoms with van der Waals surface area (Å²) in [5.74, 6) is -0.658. The summed E-state index contributed by atoms with van der Waals surface area (Å²) in [5, 5.41) is 0. The molecule has 0 amide bonds. The van der Waals surface area contributed by atoms with Crippen molar-refractivity contribution >= 4 is 29.1 Å². The van der Waals surface area contributed by atoms with Crippen LogP contribution in [0.25, 0.3) is 11.2 Å². The standard InChI is InChI=1S/C33H56N6O4/c1-4-5-6-7-8-9-10-11-12-13-14-15-16-17-18-19-29(40)42-21-20-27(24-43-32(41)30(34)26(2)3)23-39-25-37-28-22-36-33(35)38-31(28)39/h14-15,22,25-27,30H,4-13,16-21,23-24,34H2,1-3H3,(H2,35,36,38)/t27-,30+/m1/s1. The lowest BCUT2D eigenvalue weighted by molar-refractivity contribution is -0.149. The molecule has 0 unspecified atom stereocenters. The Hall–Kier alpha value is -3.01. The molecule has 0 bridgehead atoms. The van der Waals surface area contributed by atoms with Gasteiger partial charge in [-0.15, -0.1) is 0 Å². The normalized spacial score (nSPS) is 13.1. The average molecular weight is 601 g/mol. The Balaban J connectivity index is 1.65. The van der Waals surface area contributed by atoms with E-state index in [2.05, 4.69) is 34.0 Å². The molecule has 0 radical (unpaired) electrons. The number of rotatable bonds is 24. The van der Waals surface area contributed by atoms with Gasteiger partial charge < -0.3 is 25.5 Å². The quantitative estimate of drug-likeness (QED) is 0.0780. The van der Waals surface area contributed by atoms with Gasteiger partial charge in [-0.25, -0.2) is 9.97 Å². The van der Waals surface area contributed by atoms with Crippen LogP contribution >= 0.6 is 0 Å². The summed E-state index contributed by atoms with van der Waals surface area (Å²) < 4.78 is 12.9. The zero-order valence-electron chi connectivity index (χ0n) is 26.8. The predicted octanol–water partition coefficient (Wildman–Crippen LogP) is 6.52. The summed E-state index contributed by atoms with van der Waals surface area (Å²) in [6.45, 7) is 6.85. The van der Waals surface area contributed by atoms with Crippen molar-refractivity contribution in [3.63, 3.8) is 0 Å². The van der Waals surface area contributed by atoms with Gasteiger partial charge in [-0.1, -0.05) is 84.3 Å². The number of nitrogens with two attached hydrogens (primary N) is 2. The molecule has 2 atom stereocenters. The average Bonchev–Trinajstić information content (AvgIpc) is 3.38. The minimum Gasteiger partial charge on any atom is -0.466 e. The molecule has 2 aromatic rings. The largest absolute Gasteiger partial charge is 0.466 e. The molecule has 0 saturated heterocycles. The SMILES string of the molecule is CCCCCCCCCCCC=CCCCCC(=O)OCC[C@@H](COC(=O)[C@@H](N)C(C)C)Cn1cnc2cnc(N)nc21. The van der Waals surface area contributed by atoms with Gasteiger partial charge in [-0.3, -0.25) is 9.59 Å². The van der Waals surface area contributed by atoms with E-state index in [4.69, 9.17) is 20.9 Å². The van der Waals surface area contributed by atoms with Crippen molar-refractivity contribution in [2.24, 2.45) is 17.6 Å². The minimum absolute atomic E-state index is 0.0284. The van der Waals surface area contributed by atoms with Crippen molar-refractivity contribution in [3.8, 4) is 0 Å². The lowest BCUT2D eigenvalue weighted by atomic mass is 10.1. The monoisotopic (exact) mass is 600 g/mol. The van der Waals surface area contributed by atoms with Crippen LogP contribution in [0.5, 0.6) is 0 Å². The number of anilines is 1. The maximum absolute atomic E-state index is 12.4. The van der Waals surface area contributed by atoms with E-state index < -0.39 is 12.0 Å². The molecular weight excluding hydrogens is 544 g/mol. The van der Waals surface area contributed by atoms with Crippen LogP contribution < -0.4 is 11.5 Å². The molecule has 0 aliphatic rings. The Morgan fingerprint density at radius 1 is 0.930 bits per heavy atom. The predicted molar refractivity (Wildman–Crippen MR) is 172 cm³/mol. The Kier molecular flexibility index (Phi) is 18.2. The summed E-state index contributed by atoms with van der Waals surface area (Å²) in [7, 11) is 0. The third-order valence-electron chi connectivity index (χ3n) is 7.72. The van der Waals surface area contributed by atoms with Gasteiger partial charge in [0.15, 0.2) is 5.65 Å². The molecule has 0 saturated carbocycles. The number of nitrogen functional groups attached to an aromatic ring is 1. The molecule has 242 valence electrons. The number of hydrogen-bond acceptors (Lipinski definition) is 9. The van der Waals surface area contributed by atoms with E-state index in [-0.39, 0.29) is 37.0 Å². The van der Waals surface area contributed by atoms with E-state index in [0.29, 0.717) is 30.6 Å². The molecule has 43 heavy (non-hydrogen) atoms. The smallest absolute Gasteiger partial charge is 0.323 e. The Morgan fingerprint density at radius 2 is 1.58 bits per heavy atom. The Labute approximate surface area is 258 Å². The summed E-state index contributed by atoms with van der Waals surface area (Å²) in [5.41, 5.74) is 12.9. The number of fused-ring (bicyclic) bond motifs is 1. The second-order valence-corrected chi connectivity index (χ2v) is 11.9. The van der Waals surface area contributed by atoms with Crippen LogP contribution in [0.3, 0.4) is 0 Å². The Morgan fingerprint density at radius 3 is 2.26 bits per heavy atom. The summed E-state index contributed by atoms with van der Waals surface area (Å²) in [6.07, 6.45) is 24.7. The van der Waals surface area contributed by atoms with Gasteiger partial charge in [0.1, 0.15) is 11.6 Å². The highest BCUT2D eigenvalue weighted by molar-refractivity contribution is 5.75. The van der Waals surface area contributed by atoms with Gasteiger partial charge in [0.05, 0.1) is 25.7 Å². The topological polar surface area (TPSA) is 148 Å². The van der Waals surface area contributed by atoms with Crippen LogP contribution in [0.15, 0.2) is 24.7 Å². The second-order valence-electron chi connectivity index (χ2n) is 11.9. The fraction of sp³-hybridized carbons (Fsp3) is 0.727. The first-order valence-corrected chi connectivity index (χ1v) is 16.5. The zero-order chi connectivity index (χ0) is 31.3. The molecule has 2 heterocycles. The number of aromatic nitrogens is 4. The van der Waals surface area contributed by atoms with Gasteiger partial charge in [0, 0.05) is 18.9 Å². The zero-order valence-corrected chi connectivity index (χ0v) is 26.8. The minimum atomic E-state index is -0.690. The van der Waals surface area contributed by atoms with E-state index in [1.807, 2.05) is 18.4 Å². The molecule has 0 spiro atoms. The maximum atomic E-state index is 12.4. The number of carbonyl (C=O) groups excluding carboxylic acids is 2. The molecule has 0 aliphatic heterocycles. The summed E-state index contributed by atoms with van der Waals surface area (Å²) >= 11 is 0. The van der Waals surface area contributed by atoms with E-state index >= 15 is 0 Å². The van der Waals surface area contributed by atoms with Gasteiger partial charge in [-0.2, -0.15) is 4.98 Å². The number of unbranched alkanes of at least 4 members (excludes halogenated alkanes) is 11. The first kappa shape index (κ1) is 36.2. The lowest BCUT2D eigenvalue weighted by Crippen LogP contribution is -2.38. The van der Waals surface area contributed by atoms with Gasteiger partial charge >= 0.3 is 11.9 Å². The fourth-order valence-corrected chi connectivity index (χ4v) is 4.83. The van der Waals surface area contributed by atoms with Crippen LogP contribution in [0.4, 0.5) is 5.95 Å². The molecular formula is C33H56N6O4. The van der Waals surface area contributed by atoms with Crippen molar-refractivity contribution in [2.45, 2.75) is 130 Å². The molecule has 4 N–H and O–H groups in total. The van der Waals surface area contributed by atoms with Gasteiger partial charge in [0.25, 0.3) is 0 Å². The number of imidazole rings is 1. The number of allylic oxidation sites excluding steroid dienone is 2. The third kappa shape index (κ3) is 15.3. The van der Waals surface area contributed by atoms with E-state index in [1.54, 1.807) is 12.5 Å². The summed E-state index contributed by atoms with van der Waals surface area (Å²) in [6, 6.07) is -0.690. The maximum Gasteiger partial charge on any atom is 0.323 e. The molecule has 0 fully saturated rings. The fourth-order valence-electron chi connectivity index (χ4n) is 4.83. The van der Waals surface area contributed by atoms with E-state index in [0.717, 1.165) is 25.7 Å². The number of esters is 2. The van der Waals surface area contributed by atoms with Crippen molar-refractivity contribution in [3.05, 3.63) is 24.7 Å². The van der Waals surface area contributed by atoms with Crippen molar-refractivity contribution in [1.82, 2.24) is 19.5 Å². The Bertz CT molecular complexity index is 1090. The van der Waals surface area contributed by atoms with Crippen LogP contribution in [-0.4, -0.2) is 50.7 Å². The molecule has 0 aliphatic carbocycles. The van der Waals surface area contributed by atoms with E-state index in [9.17, 15) is 9.59 Å². The van der Waals surface area contributed by atoms with Crippen LogP contribution in [0, 0.1) is 11.8 Å². The van der Waals surface area contributed by atoms with Crippen LogP contribution in [0.1, 0.15) is 117 Å².